The molecule has 6 aromatic rings. The lowest BCUT2D eigenvalue weighted by molar-refractivity contribution is 0.140. The molecule has 12 nitrogen and oxygen atoms in total. The number of amides is 1. The summed E-state index contributed by atoms with van der Waals surface area (Å²) in [6.45, 7) is 1.93. The Hall–Kier alpha value is -5.06. The number of hydrogen-bond acceptors (Lipinski definition) is 8. The molecule has 0 saturated heterocycles. The van der Waals surface area contributed by atoms with E-state index in [1.165, 1.54) is 22.4 Å². The molecular weight excluding hydrogens is 822 g/mol. The van der Waals surface area contributed by atoms with Gasteiger partial charge in [-0.2, -0.15) is 5.10 Å². The molecule has 1 amide bonds. The van der Waals surface area contributed by atoms with Gasteiger partial charge < -0.3 is 14.8 Å². The average Bonchev–Trinajstić information content (AvgIpc) is 3.47. The van der Waals surface area contributed by atoms with Crippen LogP contribution in [0.2, 0.25) is 5.02 Å². The van der Waals surface area contributed by atoms with E-state index in [9.17, 15) is 26.8 Å². The van der Waals surface area contributed by atoms with Crippen LogP contribution < -0.4 is 19.9 Å². The van der Waals surface area contributed by atoms with Crippen LogP contribution in [0, 0.1) is 11.6 Å². The molecule has 0 aliphatic heterocycles. The first-order chi connectivity index (χ1) is 26.2. The van der Waals surface area contributed by atoms with Crippen molar-refractivity contribution in [3.8, 4) is 11.4 Å². The van der Waals surface area contributed by atoms with E-state index in [2.05, 4.69) is 26.3 Å². The highest BCUT2D eigenvalue weighted by molar-refractivity contribution is 9.10. The van der Waals surface area contributed by atoms with E-state index in [1.54, 1.807) is 55.6 Å². The van der Waals surface area contributed by atoms with E-state index in [1.807, 2.05) is 6.92 Å². The number of hydrogen-bond donors (Lipinski definition) is 1. The molecule has 17 heteroatoms. The summed E-state index contributed by atoms with van der Waals surface area (Å²) in [5, 5.41) is 7.95. The third-order valence-corrected chi connectivity index (χ3v) is 10.7. The van der Waals surface area contributed by atoms with Crippen LogP contribution in [0.25, 0.3) is 27.5 Å². The molecule has 0 bridgehead atoms. The van der Waals surface area contributed by atoms with E-state index in [4.69, 9.17) is 26.1 Å². The zero-order chi connectivity index (χ0) is 39.6. The molecule has 0 saturated carbocycles. The van der Waals surface area contributed by atoms with Gasteiger partial charge in [-0.3, -0.25) is 14.0 Å². The van der Waals surface area contributed by atoms with Crippen LogP contribution in [-0.4, -0.2) is 53.8 Å². The molecule has 2 aromatic heterocycles. The summed E-state index contributed by atoms with van der Waals surface area (Å²) in [5.41, 5.74) is 0.947. The average molecular weight is 858 g/mol. The van der Waals surface area contributed by atoms with Gasteiger partial charge in [0.2, 0.25) is 10.0 Å². The van der Waals surface area contributed by atoms with Crippen LogP contribution in [0.3, 0.4) is 0 Å². The maximum absolute atomic E-state index is 14.7. The fraction of sp³-hybridized carbons (Fsp3) is 0.263. The zero-order valence-electron chi connectivity index (χ0n) is 30.1. The normalized spacial score (nSPS) is 12.2. The van der Waals surface area contributed by atoms with Gasteiger partial charge in [0.05, 0.1) is 65.1 Å². The molecule has 0 radical (unpaired) electrons. The minimum Gasteiger partial charge on any atom is -0.497 e. The molecule has 288 valence electrons. The van der Waals surface area contributed by atoms with Crippen molar-refractivity contribution in [2.75, 3.05) is 24.3 Å². The second-order valence-corrected chi connectivity index (χ2v) is 16.0. The van der Waals surface area contributed by atoms with E-state index < -0.39 is 39.4 Å². The fourth-order valence-corrected chi connectivity index (χ4v) is 7.66. The number of carbonyl (C=O) groups is 1. The van der Waals surface area contributed by atoms with Gasteiger partial charge in [-0.05, 0) is 72.1 Å². The van der Waals surface area contributed by atoms with Crippen LogP contribution in [0.4, 0.5) is 19.4 Å². The molecule has 0 fully saturated rings. The van der Waals surface area contributed by atoms with Crippen molar-refractivity contribution >= 4 is 71.3 Å². The molecule has 55 heavy (non-hydrogen) atoms. The molecule has 1 atom stereocenters. The number of fused-ring (bicyclic) bond motifs is 2. The number of methoxy groups -OCH3 is 1. The Morgan fingerprint density at radius 1 is 1.04 bits per heavy atom. The van der Waals surface area contributed by atoms with Gasteiger partial charge in [0.1, 0.15) is 23.2 Å². The van der Waals surface area contributed by atoms with Crippen molar-refractivity contribution in [1.29, 1.82) is 0 Å². The van der Waals surface area contributed by atoms with Gasteiger partial charge in [0, 0.05) is 24.0 Å². The number of anilines is 1. The Balaban J connectivity index is 1.61. The molecule has 4 aromatic carbocycles. The zero-order valence-corrected chi connectivity index (χ0v) is 33.3. The number of carbonyl (C=O) groups excluding carboxylic acids is 1. The van der Waals surface area contributed by atoms with Gasteiger partial charge in [0.25, 0.3) is 5.56 Å². The van der Waals surface area contributed by atoms with Crippen LogP contribution >= 0.6 is 27.5 Å². The number of aromatic nitrogens is 4. The van der Waals surface area contributed by atoms with E-state index in [0.29, 0.717) is 22.2 Å². The van der Waals surface area contributed by atoms with Gasteiger partial charge in [-0.1, -0.05) is 53.0 Å². The van der Waals surface area contributed by atoms with Crippen LogP contribution in [-0.2, 0) is 34.8 Å². The lowest BCUT2D eigenvalue weighted by Crippen LogP contribution is -2.36. The predicted molar refractivity (Wildman–Crippen MR) is 211 cm³/mol. The Morgan fingerprint density at radius 2 is 1.75 bits per heavy atom. The number of nitrogens with one attached hydrogen (secondary N) is 1. The summed E-state index contributed by atoms with van der Waals surface area (Å²) in [4.78, 5) is 32.8. The maximum atomic E-state index is 14.7. The summed E-state index contributed by atoms with van der Waals surface area (Å²) in [6, 6.07) is 16.6. The number of nitrogens with zero attached hydrogens (tertiary/aromatic N) is 5. The Bertz CT molecular complexity index is 2570. The van der Waals surface area contributed by atoms with Crippen molar-refractivity contribution in [2.45, 2.75) is 38.8 Å². The minimum atomic E-state index is -3.97. The summed E-state index contributed by atoms with van der Waals surface area (Å²) in [6.07, 6.45) is 1.36. The smallest absolute Gasteiger partial charge is 0.407 e. The summed E-state index contributed by atoms with van der Waals surface area (Å²) < 4.78 is 70.8. The Morgan fingerprint density at radius 3 is 2.40 bits per heavy atom. The van der Waals surface area contributed by atoms with Crippen LogP contribution in [0.5, 0.6) is 5.75 Å². The first-order valence-electron chi connectivity index (χ1n) is 17.0. The number of alkyl carbamates (subject to hydrolysis) is 1. The third kappa shape index (κ3) is 8.61. The molecule has 0 aliphatic carbocycles. The minimum absolute atomic E-state index is 0.000594. The number of rotatable bonds is 13. The highest BCUT2D eigenvalue weighted by atomic mass is 79.9. The lowest BCUT2D eigenvalue weighted by Gasteiger charge is -2.24. The number of ether oxygens (including phenoxy) is 2. The Kier molecular flexibility index (Phi) is 11.8. The van der Waals surface area contributed by atoms with Crippen molar-refractivity contribution in [2.24, 2.45) is 7.05 Å². The molecule has 2 heterocycles. The number of halogens is 4. The molecule has 1 N–H and O–H groups in total. The van der Waals surface area contributed by atoms with Gasteiger partial charge >= 0.3 is 6.09 Å². The van der Waals surface area contributed by atoms with Crippen LogP contribution in [0.15, 0.2) is 82.1 Å². The van der Waals surface area contributed by atoms with Gasteiger partial charge in [-0.15, -0.1) is 0 Å². The number of sulfonamides is 1. The lowest BCUT2D eigenvalue weighted by atomic mass is 10.0. The maximum Gasteiger partial charge on any atom is 0.407 e. The first kappa shape index (κ1) is 39.6. The quantitative estimate of drug-likeness (QED) is 0.117. The monoisotopic (exact) mass is 856 g/mol. The van der Waals surface area contributed by atoms with E-state index in [-0.39, 0.29) is 69.3 Å². The van der Waals surface area contributed by atoms with Crippen molar-refractivity contribution in [3.05, 3.63) is 121 Å². The van der Waals surface area contributed by atoms with Gasteiger partial charge in [0.15, 0.2) is 5.82 Å². The third-order valence-electron chi connectivity index (χ3n) is 8.81. The predicted octanol–water partition coefficient (Wildman–Crippen LogP) is 7.75. The van der Waals surface area contributed by atoms with E-state index >= 15 is 0 Å². The number of aryl methyl sites for hydroxylation is 1. The van der Waals surface area contributed by atoms with E-state index in [0.717, 1.165) is 35.2 Å². The molecular formula is C38H36BrClF2N6O6S. The highest BCUT2D eigenvalue weighted by Crippen LogP contribution is 2.38. The fourth-order valence-electron chi connectivity index (χ4n) is 6.25. The van der Waals surface area contributed by atoms with Crippen molar-refractivity contribution in [3.63, 3.8) is 0 Å². The second-order valence-electron chi connectivity index (χ2n) is 12.8. The van der Waals surface area contributed by atoms with Crippen molar-refractivity contribution in [1.82, 2.24) is 24.6 Å². The van der Waals surface area contributed by atoms with Crippen LogP contribution in [0.1, 0.15) is 42.8 Å². The molecule has 0 aliphatic rings. The number of benzene rings is 4. The molecule has 6 rings (SSSR count). The second kappa shape index (κ2) is 16.4. The van der Waals surface area contributed by atoms with Crippen molar-refractivity contribution < 1.29 is 31.5 Å². The summed E-state index contributed by atoms with van der Waals surface area (Å²) in [5.74, 6) is -1.10. The SMILES string of the molecule is CCCCOC(=O)N[C@@H](Cc1cc(F)cc(F)c1)c1nc2cc(Br)ccc2c(=O)n1-c1ccc(Cl)c2c(N(Cc3ccc(OC)cc3)S(C)(=O)=O)nn(C)c12. The van der Waals surface area contributed by atoms with Gasteiger partial charge in [-0.25, -0.2) is 31.3 Å². The standard InChI is InChI=1S/C38H36BrClF2N6O6S/c1-5-6-15-54-38(50)44-31(18-23-16-25(41)20-26(42)17-23)35-43-30-19-24(39)9-12-28(30)37(49)48(35)32-14-13-29(40)33-34(32)46(2)45-36(33)47(55(4,51)52)21-22-7-10-27(53-3)11-8-22/h7-14,16-17,19-20,31H,5-6,15,18,21H2,1-4H3,(H,44,50)/t31-/m0/s1. The Labute approximate surface area is 328 Å². The first-order valence-corrected chi connectivity index (χ1v) is 20.1. The highest BCUT2D eigenvalue weighted by Gasteiger charge is 2.30. The number of unbranched alkanes of at least 4 members (excludes halogenated alkanes) is 1. The summed E-state index contributed by atoms with van der Waals surface area (Å²) >= 11 is 10.3. The largest absolute Gasteiger partial charge is 0.497 e. The molecule has 0 unspecified atom stereocenters. The molecule has 0 spiro atoms. The summed E-state index contributed by atoms with van der Waals surface area (Å²) in [7, 11) is -0.872. The topological polar surface area (TPSA) is 138 Å².